The van der Waals surface area contributed by atoms with Gasteiger partial charge in [0.2, 0.25) is 0 Å². The van der Waals surface area contributed by atoms with E-state index in [0.717, 1.165) is 11.8 Å². The summed E-state index contributed by atoms with van der Waals surface area (Å²) in [5.41, 5.74) is 0. The Balaban J connectivity index is 2.15. The standard InChI is InChI=1S/C15H32N2/c1-5-17-11-7-9-15(12-17)14(4)16-10-6-8-13(2)3/h13-16H,5-12H2,1-4H3. The lowest BCUT2D eigenvalue weighted by Crippen LogP contribution is -2.44. The number of piperidine rings is 1. The number of rotatable bonds is 7. The van der Waals surface area contributed by atoms with Gasteiger partial charge in [0.25, 0.3) is 0 Å². The number of nitrogens with zero attached hydrogens (tertiary/aromatic N) is 1. The van der Waals surface area contributed by atoms with Crippen molar-refractivity contribution in [2.75, 3.05) is 26.2 Å². The van der Waals surface area contributed by atoms with Crippen molar-refractivity contribution in [1.82, 2.24) is 10.2 Å². The molecule has 1 heterocycles. The maximum absolute atomic E-state index is 3.73. The lowest BCUT2D eigenvalue weighted by molar-refractivity contribution is 0.157. The predicted octanol–water partition coefficient (Wildman–Crippen LogP) is 3.13. The van der Waals surface area contributed by atoms with Crippen LogP contribution in [0, 0.1) is 11.8 Å². The molecule has 1 rings (SSSR count). The molecular formula is C15H32N2. The molecule has 0 amide bonds. The third-order valence-electron chi connectivity index (χ3n) is 4.12. The first-order valence-electron chi connectivity index (χ1n) is 7.59. The Bertz CT molecular complexity index is 191. The molecule has 0 saturated carbocycles. The van der Waals surface area contributed by atoms with Crippen LogP contribution in [0.4, 0.5) is 0 Å². The van der Waals surface area contributed by atoms with Crippen LogP contribution in [0.25, 0.3) is 0 Å². The van der Waals surface area contributed by atoms with Gasteiger partial charge in [-0.3, -0.25) is 0 Å². The maximum atomic E-state index is 3.73. The van der Waals surface area contributed by atoms with E-state index in [1.807, 2.05) is 0 Å². The van der Waals surface area contributed by atoms with Crippen molar-refractivity contribution in [2.24, 2.45) is 11.8 Å². The first kappa shape index (κ1) is 15.0. The molecule has 1 fully saturated rings. The van der Waals surface area contributed by atoms with E-state index in [9.17, 15) is 0 Å². The molecule has 0 aliphatic carbocycles. The summed E-state index contributed by atoms with van der Waals surface area (Å²) >= 11 is 0. The minimum absolute atomic E-state index is 0.691. The van der Waals surface area contributed by atoms with Crippen LogP contribution in [-0.4, -0.2) is 37.1 Å². The minimum Gasteiger partial charge on any atom is -0.314 e. The van der Waals surface area contributed by atoms with E-state index in [-0.39, 0.29) is 0 Å². The summed E-state index contributed by atoms with van der Waals surface area (Å²) in [5.74, 6) is 1.71. The molecule has 17 heavy (non-hydrogen) atoms. The summed E-state index contributed by atoms with van der Waals surface area (Å²) in [6, 6.07) is 0.691. The van der Waals surface area contributed by atoms with Gasteiger partial charge in [-0.25, -0.2) is 0 Å². The number of nitrogens with one attached hydrogen (secondary N) is 1. The van der Waals surface area contributed by atoms with Crippen LogP contribution >= 0.6 is 0 Å². The van der Waals surface area contributed by atoms with Gasteiger partial charge in [0, 0.05) is 12.6 Å². The average Bonchev–Trinajstić information content (AvgIpc) is 2.34. The van der Waals surface area contributed by atoms with Crippen LogP contribution in [0.5, 0.6) is 0 Å². The Morgan fingerprint density at radius 1 is 1.29 bits per heavy atom. The lowest BCUT2D eigenvalue weighted by atomic mass is 9.91. The topological polar surface area (TPSA) is 15.3 Å². The van der Waals surface area contributed by atoms with E-state index in [2.05, 4.69) is 37.9 Å². The molecule has 2 atom stereocenters. The molecule has 1 N–H and O–H groups in total. The Labute approximate surface area is 108 Å². The Morgan fingerprint density at radius 3 is 2.71 bits per heavy atom. The molecule has 0 aromatic heterocycles. The van der Waals surface area contributed by atoms with Crippen LogP contribution < -0.4 is 5.32 Å². The normalized spacial score (nSPS) is 24.2. The van der Waals surface area contributed by atoms with Gasteiger partial charge in [0.05, 0.1) is 0 Å². The van der Waals surface area contributed by atoms with Crippen LogP contribution in [-0.2, 0) is 0 Å². The summed E-state index contributed by atoms with van der Waals surface area (Å²) in [4.78, 5) is 2.60. The van der Waals surface area contributed by atoms with Crippen molar-refractivity contribution in [1.29, 1.82) is 0 Å². The molecule has 0 spiro atoms. The largest absolute Gasteiger partial charge is 0.314 e. The quantitative estimate of drug-likeness (QED) is 0.688. The molecular weight excluding hydrogens is 208 g/mol. The highest BCUT2D eigenvalue weighted by molar-refractivity contribution is 4.79. The number of likely N-dealkylation sites (tertiary alicyclic amines) is 1. The zero-order chi connectivity index (χ0) is 12.7. The third kappa shape index (κ3) is 5.87. The van der Waals surface area contributed by atoms with Gasteiger partial charge >= 0.3 is 0 Å². The molecule has 1 aliphatic rings. The van der Waals surface area contributed by atoms with Crippen molar-refractivity contribution >= 4 is 0 Å². The van der Waals surface area contributed by atoms with Gasteiger partial charge in [-0.15, -0.1) is 0 Å². The van der Waals surface area contributed by atoms with Gasteiger partial charge in [0.1, 0.15) is 0 Å². The highest BCUT2D eigenvalue weighted by Crippen LogP contribution is 2.19. The second-order valence-corrected chi connectivity index (χ2v) is 6.07. The SMILES string of the molecule is CCN1CCCC(C(C)NCCCC(C)C)C1. The third-order valence-corrected chi connectivity index (χ3v) is 4.12. The Kier molecular flexibility index (Phi) is 7.14. The van der Waals surface area contributed by atoms with Gasteiger partial charge in [-0.05, 0) is 64.1 Å². The van der Waals surface area contributed by atoms with Crippen molar-refractivity contribution in [3.05, 3.63) is 0 Å². The lowest BCUT2D eigenvalue weighted by Gasteiger charge is -2.35. The fraction of sp³-hybridized carbons (Fsp3) is 1.00. The monoisotopic (exact) mass is 240 g/mol. The van der Waals surface area contributed by atoms with E-state index >= 15 is 0 Å². The van der Waals surface area contributed by atoms with Crippen molar-refractivity contribution in [3.8, 4) is 0 Å². The molecule has 0 radical (unpaired) electrons. The van der Waals surface area contributed by atoms with E-state index in [0.29, 0.717) is 6.04 Å². The zero-order valence-electron chi connectivity index (χ0n) is 12.3. The summed E-state index contributed by atoms with van der Waals surface area (Å²) in [6.45, 7) is 14.3. The molecule has 0 aromatic carbocycles. The first-order chi connectivity index (χ1) is 8.13. The first-order valence-corrected chi connectivity index (χ1v) is 7.59. The fourth-order valence-corrected chi connectivity index (χ4v) is 2.79. The molecule has 0 aromatic rings. The highest BCUT2D eigenvalue weighted by atomic mass is 15.1. The number of hydrogen-bond donors (Lipinski definition) is 1. The highest BCUT2D eigenvalue weighted by Gasteiger charge is 2.23. The summed E-state index contributed by atoms with van der Waals surface area (Å²) < 4.78 is 0. The predicted molar refractivity (Wildman–Crippen MR) is 76.4 cm³/mol. The zero-order valence-corrected chi connectivity index (χ0v) is 12.3. The molecule has 1 saturated heterocycles. The molecule has 2 unspecified atom stereocenters. The molecule has 0 bridgehead atoms. The molecule has 102 valence electrons. The van der Waals surface area contributed by atoms with E-state index in [4.69, 9.17) is 0 Å². The van der Waals surface area contributed by atoms with Crippen LogP contribution in [0.3, 0.4) is 0 Å². The van der Waals surface area contributed by atoms with Crippen LogP contribution in [0.1, 0.15) is 53.4 Å². The number of hydrogen-bond acceptors (Lipinski definition) is 2. The van der Waals surface area contributed by atoms with Gasteiger partial charge in [-0.1, -0.05) is 20.8 Å². The summed E-state index contributed by atoms with van der Waals surface area (Å²) in [6.07, 6.45) is 5.48. The van der Waals surface area contributed by atoms with Crippen molar-refractivity contribution < 1.29 is 0 Å². The van der Waals surface area contributed by atoms with Crippen molar-refractivity contribution in [2.45, 2.75) is 59.4 Å². The fourth-order valence-electron chi connectivity index (χ4n) is 2.79. The smallest absolute Gasteiger partial charge is 0.00792 e. The van der Waals surface area contributed by atoms with Gasteiger partial charge in [0.15, 0.2) is 0 Å². The second kappa shape index (κ2) is 8.10. The molecule has 2 heteroatoms. The van der Waals surface area contributed by atoms with E-state index in [1.165, 1.54) is 51.9 Å². The second-order valence-electron chi connectivity index (χ2n) is 6.07. The Morgan fingerprint density at radius 2 is 2.06 bits per heavy atom. The summed E-state index contributed by atoms with van der Waals surface area (Å²) in [5, 5.41) is 3.73. The van der Waals surface area contributed by atoms with E-state index < -0.39 is 0 Å². The van der Waals surface area contributed by atoms with Gasteiger partial charge in [-0.2, -0.15) is 0 Å². The van der Waals surface area contributed by atoms with Crippen LogP contribution in [0.2, 0.25) is 0 Å². The average molecular weight is 240 g/mol. The van der Waals surface area contributed by atoms with Crippen molar-refractivity contribution in [3.63, 3.8) is 0 Å². The minimum atomic E-state index is 0.691. The molecule has 2 nitrogen and oxygen atoms in total. The summed E-state index contributed by atoms with van der Waals surface area (Å²) in [7, 11) is 0. The maximum Gasteiger partial charge on any atom is 0.00792 e. The van der Waals surface area contributed by atoms with Gasteiger partial charge < -0.3 is 10.2 Å². The van der Waals surface area contributed by atoms with Crippen LogP contribution in [0.15, 0.2) is 0 Å². The van der Waals surface area contributed by atoms with E-state index in [1.54, 1.807) is 0 Å². The molecule has 1 aliphatic heterocycles. The Hall–Kier alpha value is -0.0800.